The van der Waals surface area contributed by atoms with Crippen LogP contribution in [0.25, 0.3) is 22.3 Å². The third-order valence-corrected chi connectivity index (χ3v) is 5.08. The van der Waals surface area contributed by atoms with Gasteiger partial charge in [-0.1, -0.05) is 29.8 Å². The van der Waals surface area contributed by atoms with Gasteiger partial charge in [0.15, 0.2) is 5.65 Å². The van der Waals surface area contributed by atoms with Gasteiger partial charge in [0.25, 0.3) is 5.91 Å². The molecule has 1 amide bonds. The maximum absolute atomic E-state index is 12.6. The number of benzene rings is 1. The highest BCUT2D eigenvalue weighted by atomic mass is 16.1. The van der Waals surface area contributed by atoms with Crippen LogP contribution in [0.1, 0.15) is 35.7 Å². The Bertz CT molecular complexity index is 1260. The average molecular weight is 416 g/mol. The SMILES string of the molecule is Cc1ccc(-c2nn(C(C)(C)CNC(=O)c3ccnc(C)n3)c3ncnc(N)c23)cc1. The number of aryl methyl sites for hydroxylation is 2. The molecule has 0 aliphatic heterocycles. The Morgan fingerprint density at radius 2 is 1.84 bits per heavy atom. The van der Waals surface area contributed by atoms with Crippen LogP contribution in [-0.4, -0.2) is 42.2 Å². The van der Waals surface area contributed by atoms with Gasteiger partial charge in [-0.05, 0) is 33.8 Å². The lowest BCUT2D eigenvalue weighted by Crippen LogP contribution is -2.41. The van der Waals surface area contributed by atoms with Crippen LogP contribution in [-0.2, 0) is 5.54 Å². The lowest BCUT2D eigenvalue weighted by Gasteiger charge is -2.26. The lowest BCUT2D eigenvalue weighted by atomic mass is 10.1. The second-order valence-corrected chi connectivity index (χ2v) is 8.07. The standard InChI is InChI=1S/C22H24N8O/c1-13-5-7-15(8-6-13)18-17-19(23)26-12-27-20(17)30(29-18)22(3,4)11-25-21(31)16-9-10-24-14(2)28-16/h5-10,12H,11H2,1-4H3,(H,25,31)(H2,23,26,27). The molecular formula is C22H24N8O. The molecule has 158 valence electrons. The minimum absolute atomic E-state index is 0.275. The van der Waals surface area contributed by atoms with E-state index < -0.39 is 5.54 Å². The summed E-state index contributed by atoms with van der Waals surface area (Å²) in [6, 6.07) is 9.63. The van der Waals surface area contributed by atoms with Crippen LogP contribution in [0.3, 0.4) is 0 Å². The van der Waals surface area contributed by atoms with Crippen LogP contribution in [0.2, 0.25) is 0 Å². The zero-order valence-electron chi connectivity index (χ0n) is 17.9. The van der Waals surface area contributed by atoms with Crippen molar-refractivity contribution in [2.45, 2.75) is 33.2 Å². The zero-order chi connectivity index (χ0) is 22.2. The van der Waals surface area contributed by atoms with Gasteiger partial charge in [-0.3, -0.25) is 4.79 Å². The number of rotatable bonds is 5. The highest BCUT2D eigenvalue weighted by Crippen LogP contribution is 2.32. The number of hydrogen-bond acceptors (Lipinski definition) is 7. The molecule has 0 bridgehead atoms. The first kappa shape index (κ1) is 20.4. The van der Waals surface area contributed by atoms with E-state index in [2.05, 4.69) is 25.3 Å². The van der Waals surface area contributed by atoms with Crippen molar-refractivity contribution in [3.8, 4) is 11.3 Å². The Morgan fingerprint density at radius 3 is 2.55 bits per heavy atom. The monoisotopic (exact) mass is 416 g/mol. The van der Waals surface area contributed by atoms with Crippen LogP contribution in [0.4, 0.5) is 5.82 Å². The molecule has 0 aliphatic rings. The molecule has 0 spiro atoms. The quantitative estimate of drug-likeness (QED) is 0.512. The van der Waals surface area contributed by atoms with Crippen LogP contribution in [0, 0.1) is 13.8 Å². The number of nitrogens with zero attached hydrogens (tertiary/aromatic N) is 6. The van der Waals surface area contributed by atoms with Gasteiger partial charge in [0.1, 0.15) is 29.4 Å². The molecule has 9 heteroatoms. The second-order valence-electron chi connectivity index (χ2n) is 8.07. The number of amides is 1. The summed E-state index contributed by atoms with van der Waals surface area (Å²) in [5.41, 5.74) is 9.32. The van der Waals surface area contributed by atoms with Crippen molar-refractivity contribution in [1.29, 1.82) is 0 Å². The Hall–Kier alpha value is -3.88. The summed E-state index contributed by atoms with van der Waals surface area (Å²) in [5, 5.41) is 8.47. The number of hydrogen-bond donors (Lipinski definition) is 2. The van der Waals surface area contributed by atoms with Crippen molar-refractivity contribution in [2.75, 3.05) is 12.3 Å². The molecule has 1 aromatic carbocycles. The molecule has 0 saturated carbocycles. The molecule has 3 heterocycles. The molecular weight excluding hydrogens is 392 g/mol. The van der Waals surface area contributed by atoms with Gasteiger partial charge in [0.05, 0.1) is 10.9 Å². The van der Waals surface area contributed by atoms with Gasteiger partial charge in [-0.15, -0.1) is 0 Å². The molecule has 3 aromatic heterocycles. The summed E-state index contributed by atoms with van der Waals surface area (Å²) in [7, 11) is 0. The fourth-order valence-corrected chi connectivity index (χ4v) is 3.35. The number of carbonyl (C=O) groups excluding carboxylic acids is 1. The zero-order valence-corrected chi connectivity index (χ0v) is 17.9. The maximum atomic E-state index is 12.6. The van der Waals surface area contributed by atoms with E-state index in [1.54, 1.807) is 23.9 Å². The Kier molecular flexibility index (Phi) is 5.10. The van der Waals surface area contributed by atoms with Crippen molar-refractivity contribution in [3.05, 3.63) is 59.9 Å². The fourth-order valence-electron chi connectivity index (χ4n) is 3.35. The number of nitrogens with two attached hydrogens (primary N) is 1. The minimum atomic E-state index is -0.597. The molecule has 3 N–H and O–H groups in total. The Labute approximate surface area is 179 Å². The highest BCUT2D eigenvalue weighted by molar-refractivity contribution is 5.98. The summed E-state index contributed by atoms with van der Waals surface area (Å²) in [6.45, 7) is 8.03. The van der Waals surface area contributed by atoms with E-state index >= 15 is 0 Å². The summed E-state index contributed by atoms with van der Waals surface area (Å²) < 4.78 is 1.79. The van der Waals surface area contributed by atoms with Gasteiger partial charge in [-0.2, -0.15) is 5.10 Å². The molecule has 0 aliphatic carbocycles. The fraction of sp³-hybridized carbons (Fsp3) is 0.273. The van der Waals surface area contributed by atoms with E-state index in [1.165, 1.54) is 6.33 Å². The Balaban J connectivity index is 1.70. The number of nitrogens with one attached hydrogen (secondary N) is 1. The van der Waals surface area contributed by atoms with E-state index in [-0.39, 0.29) is 5.91 Å². The summed E-state index contributed by atoms with van der Waals surface area (Å²) in [4.78, 5) is 29.4. The molecule has 9 nitrogen and oxygen atoms in total. The first-order valence-corrected chi connectivity index (χ1v) is 9.91. The van der Waals surface area contributed by atoms with E-state index in [4.69, 9.17) is 10.8 Å². The summed E-state index contributed by atoms with van der Waals surface area (Å²) in [5.74, 6) is 0.631. The number of aromatic nitrogens is 6. The predicted octanol–water partition coefficient (Wildman–Crippen LogP) is 2.65. The van der Waals surface area contributed by atoms with Gasteiger partial charge >= 0.3 is 0 Å². The largest absolute Gasteiger partial charge is 0.383 e. The number of nitrogen functional groups attached to an aromatic ring is 1. The van der Waals surface area contributed by atoms with E-state index in [1.807, 2.05) is 45.0 Å². The Morgan fingerprint density at radius 1 is 1.10 bits per heavy atom. The minimum Gasteiger partial charge on any atom is -0.383 e. The van der Waals surface area contributed by atoms with Gasteiger partial charge in [0.2, 0.25) is 0 Å². The number of anilines is 1. The van der Waals surface area contributed by atoms with Crippen molar-refractivity contribution in [1.82, 2.24) is 35.0 Å². The van der Waals surface area contributed by atoms with Crippen LogP contribution in [0.5, 0.6) is 0 Å². The highest BCUT2D eigenvalue weighted by Gasteiger charge is 2.28. The molecule has 0 atom stereocenters. The van der Waals surface area contributed by atoms with Gasteiger partial charge in [-0.25, -0.2) is 24.6 Å². The molecule has 0 unspecified atom stereocenters. The predicted molar refractivity (Wildman–Crippen MR) is 118 cm³/mol. The smallest absolute Gasteiger partial charge is 0.270 e. The molecule has 0 fully saturated rings. The van der Waals surface area contributed by atoms with Gasteiger partial charge < -0.3 is 11.1 Å². The molecule has 0 radical (unpaired) electrons. The van der Waals surface area contributed by atoms with Crippen LogP contribution >= 0.6 is 0 Å². The second kappa shape index (κ2) is 7.75. The molecule has 31 heavy (non-hydrogen) atoms. The van der Waals surface area contributed by atoms with Crippen molar-refractivity contribution in [2.24, 2.45) is 0 Å². The van der Waals surface area contributed by atoms with Crippen molar-refractivity contribution < 1.29 is 4.79 Å². The number of carbonyl (C=O) groups is 1. The van der Waals surface area contributed by atoms with E-state index in [0.717, 1.165) is 11.1 Å². The van der Waals surface area contributed by atoms with E-state index in [9.17, 15) is 4.79 Å². The summed E-state index contributed by atoms with van der Waals surface area (Å²) in [6.07, 6.45) is 2.99. The maximum Gasteiger partial charge on any atom is 0.270 e. The first-order chi connectivity index (χ1) is 14.8. The van der Waals surface area contributed by atoms with Crippen molar-refractivity contribution in [3.63, 3.8) is 0 Å². The molecule has 4 rings (SSSR count). The van der Waals surface area contributed by atoms with Gasteiger partial charge in [0, 0.05) is 18.3 Å². The van der Waals surface area contributed by atoms with E-state index in [0.29, 0.717) is 40.6 Å². The van der Waals surface area contributed by atoms with Crippen LogP contribution < -0.4 is 11.1 Å². The average Bonchev–Trinajstić information content (AvgIpc) is 3.15. The third-order valence-electron chi connectivity index (χ3n) is 5.08. The number of fused-ring (bicyclic) bond motifs is 1. The first-order valence-electron chi connectivity index (χ1n) is 9.91. The molecule has 0 saturated heterocycles. The topological polar surface area (TPSA) is 124 Å². The normalized spacial score (nSPS) is 11.6. The third kappa shape index (κ3) is 3.94. The van der Waals surface area contributed by atoms with Crippen LogP contribution in [0.15, 0.2) is 42.9 Å². The van der Waals surface area contributed by atoms with Crippen molar-refractivity contribution >= 4 is 22.8 Å². The molecule has 4 aromatic rings. The lowest BCUT2D eigenvalue weighted by molar-refractivity contribution is 0.0931. The summed E-state index contributed by atoms with van der Waals surface area (Å²) >= 11 is 0.